The third-order valence-corrected chi connectivity index (χ3v) is 6.12. The highest BCUT2D eigenvalue weighted by molar-refractivity contribution is 7.93. The van der Waals surface area contributed by atoms with E-state index < -0.39 is 10.0 Å². The SMILES string of the molecule is Cc1ccc(N2CCCS2(=O)=O)cc1NC(=O)c1ccccc1C. The molecule has 0 bridgehead atoms. The molecule has 6 heteroatoms. The molecule has 1 amide bonds. The fourth-order valence-corrected chi connectivity index (χ4v) is 4.40. The van der Waals surface area contributed by atoms with Gasteiger partial charge in [0.05, 0.1) is 11.4 Å². The molecule has 24 heavy (non-hydrogen) atoms. The standard InChI is InChI=1S/C18H20N2O3S/c1-13-6-3-4-7-16(13)18(21)19-17-12-15(9-8-14(17)2)20-10-5-11-24(20,22)23/h3-4,6-9,12H,5,10-11H2,1-2H3,(H,19,21). The molecule has 3 rings (SSSR count). The lowest BCUT2D eigenvalue weighted by Gasteiger charge is -2.19. The Morgan fingerprint density at radius 3 is 2.50 bits per heavy atom. The summed E-state index contributed by atoms with van der Waals surface area (Å²) in [6, 6.07) is 12.7. The Balaban J connectivity index is 1.90. The molecule has 0 unspecified atom stereocenters. The van der Waals surface area contributed by atoms with E-state index in [0.717, 1.165) is 11.1 Å². The predicted octanol–water partition coefficient (Wildman–Crippen LogP) is 3.10. The number of carbonyl (C=O) groups excluding carboxylic acids is 1. The number of aryl methyl sites for hydroxylation is 2. The van der Waals surface area contributed by atoms with Crippen LogP contribution in [0, 0.1) is 13.8 Å². The number of sulfonamides is 1. The maximum atomic E-state index is 12.5. The third kappa shape index (κ3) is 3.14. The molecule has 126 valence electrons. The molecule has 2 aromatic rings. The van der Waals surface area contributed by atoms with Gasteiger partial charge in [0, 0.05) is 17.8 Å². The van der Waals surface area contributed by atoms with E-state index in [9.17, 15) is 13.2 Å². The average Bonchev–Trinajstić information content (AvgIpc) is 2.89. The summed E-state index contributed by atoms with van der Waals surface area (Å²) in [5, 5.41) is 2.90. The molecule has 1 aliphatic heterocycles. The largest absolute Gasteiger partial charge is 0.322 e. The van der Waals surface area contributed by atoms with Gasteiger partial charge in [0.2, 0.25) is 10.0 Å². The van der Waals surface area contributed by atoms with Crippen molar-refractivity contribution >= 4 is 27.3 Å². The summed E-state index contributed by atoms with van der Waals surface area (Å²) in [6.45, 7) is 4.25. The fourth-order valence-electron chi connectivity index (χ4n) is 2.85. The van der Waals surface area contributed by atoms with E-state index in [2.05, 4.69) is 5.32 Å². The van der Waals surface area contributed by atoms with E-state index in [0.29, 0.717) is 29.9 Å². The Labute approximate surface area is 142 Å². The van der Waals surface area contributed by atoms with E-state index in [4.69, 9.17) is 0 Å². The normalized spacial score (nSPS) is 16.2. The Morgan fingerprint density at radius 2 is 1.83 bits per heavy atom. The molecule has 0 aliphatic carbocycles. The third-order valence-electron chi connectivity index (χ3n) is 4.25. The summed E-state index contributed by atoms with van der Waals surface area (Å²) in [6.07, 6.45) is 0.626. The van der Waals surface area contributed by atoms with E-state index in [1.807, 2.05) is 38.1 Å². The van der Waals surface area contributed by atoms with Crippen LogP contribution in [0.25, 0.3) is 0 Å². The van der Waals surface area contributed by atoms with Crippen molar-refractivity contribution in [1.29, 1.82) is 0 Å². The van der Waals surface area contributed by atoms with E-state index in [1.165, 1.54) is 4.31 Å². The lowest BCUT2D eigenvalue weighted by Crippen LogP contribution is -2.25. The first-order chi connectivity index (χ1) is 11.4. The van der Waals surface area contributed by atoms with Crippen LogP contribution in [0.5, 0.6) is 0 Å². The maximum absolute atomic E-state index is 12.5. The van der Waals surface area contributed by atoms with Gasteiger partial charge in [0.25, 0.3) is 5.91 Å². The monoisotopic (exact) mass is 344 g/mol. The van der Waals surface area contributed by atoms with Crippen molar-refractivity contribution in [2.45, 2.75) is 20.3 Å². The van der Waals surface area contributed by atoms with Crippen LogP contribution in [0.2, 0.25) is 0 Å². The summed E-state index contributed by atoms with van der Waals surface area (Å²) < 4.78 is 25.6. The minimum Gasteiger partial charge on any atom is -0.322 e. The fraction of sp³-hybridized carbons (Fsp3) is 0.278. The summed E-state index contributed by atoms with van der Waals surface area (Å²) in [5.74, 6) is -0.0242. The van der Waals surface area contributed by atoms with Crippen LogP contribution in [-0.4, -0.2) is 26.6 Å². The molecule has 1 heterocycles. The van der Waals surface area contributed by atoms with Crippen LogP contribution in [-0.2, 0) is 10.0 Å². The Hall–Kier alpha value is -2.34. The molecule has 2 aromatic carbocycles. The van der Waals surface area contributed by atoms with Crippen LogP contribution < -0.4 is 9.62 Å². The van der Waals surface area contributed by atoms with Gasteiger partial charge in [-0.1, -0.05) is 24.3 Å². The van der Waals surface area contributed by atoms with Crippen molar-refractivity contribution in [2.24, 2.45) is 0 Å². The zero-order chi connectivity index (χ0) is 17.3. The quantitative estimate of drug-likeness (QED) is 0.930. The molecule has 0 saturated carbocycles. The van der Waals surface area contributed by atoms with Crippen molar-refractivity contribution in [3.8, 4) is 0 Å². The molecule has 0 atom stereocenters. The number of amides is 1. The number of hydrogen-bond acceptors (Lipinski definition) is 3. The Morgan fingerprint density at radius 1 is 1.08 bits per heavy atom. The van der Waals surface area contributed by atoms with Gasteiger partial charge in [0.1, 0.15) is 0 Å². The molecular weight excluding hydrogens is 324 g/mol. The molecule has 1 saturated heterocycles. The van der Waals surface area contributed by atoms with Gasteiger partial charge in [-0.15, -0.1) is 0 Å². The topological polar surface area (TPSA) is 66.5 Å². The van der Waals surface area contributed by atoms with Gasteiger partial charge in [-0.2, -0.15) is 0 Å². The van der Waals surface area contributed by atoms with Crippen molar-refractivity contribution < 1.29 is 13.2 Å². The Kier molecular flexibility index (Phi) is 4.32. The van der Waals surface area contributed by atoms with E-state index in [1.54, 1.807) is 18.2 Å². The molecule has 0 radical (unpaired) electrons. The second-order valence-corrected chi connectivity index (χ2v) is 8.02. The van der Waals surface area contributed by atoms with Crippen LogP contribution >= 0.6 is 0 Å². The summed E-state index contributed by atoms with van der Waals surface area (Å²) in [5.41, 5.74) is 3.61. The van der Waals surface area contributed by atoms with Crippen LogP contribution in [0.1, 0.15) is 27.9 Å². The lowest BCUT2D eigenvalue weighted by molar-refractivity contribution is 0.102. The zero-order valence-electron chi connectivity index (χ0n) is 13.7. The van der Waals surface area contributed by atoms with Crippen LogP contribution in [0.15, 0.2) is 42.5 Å². The molecule has 5 nitrogen and oxygen atoms in total. The second-order valence-electron chi connectivity index (χ2n) is 6.01. The lowest BCUT2D eigenvalue weighted by atomic mass is 10.1. The Bertz CT molecular complexity index is 891. The van der Waals surface area contributed by atoms with Gasteiger partial charge in [-0.25, -0.2) is 8.42 Å². The number of hydrogen-bond donors (Lipinski definition) is 1. The van der Waals surface area contributed by atoms with Gasteiger partial charge < -0.3 is 5.32 Å². The van der Waals surface area contributed by atoms with Crippen molar-refractivity contribution in [1.82, 2.24) is 0 Å². The minimum atomic E-state index is -3.24. The molecule has 1 aliphatic rings. The summed E-state index contributed by atoms with van der Waals surface area (Å²) in [4.78, 5) is 12.5. The highest BCUT2D eigenvalue weighted by atomic mass is 32.2. The number of nitrogens with zero attached hydrogens (tertiary/aromatic N) is 1. The zero-order valence-corrected chi connectivity index (χ0v) is 14.6. The molecule has 0 aromatic heterocycles. The highest BCUT2D eigenvalue weighted by Crippen LogP contribution is 2.29. The minimum absolute atomic E-state index is 0.172. The van der Waals surface area contributed by atoms with E-state index >= 15 is 0 Å². The van der Waals surface area contributed by atoms with Crippen molar-refractivity contribution in [3.05, 3.63) is 59.2 Å². The molecule has 1 N–H and O–H groups in total. The average molecular weight is 344 g/mol. The van der Waals surface area contributed by atoms with Crippen LogP contribution in [0.4, 0.5) is 11.4 Å². The number of anilines is 2. The highest BCUT2D eigenvalue weighted by Gasteiger charge is 2.28. The van der Waals surface area contributed by atoms with Gasteiger partial charge in [-0.05, 0) is 49.6 Å². The molecule has 1 fully saturated rings. The van der Waals surface area contributed by atoms with Crippen LogP contribution in [0.3, 0.4) is 0 Å². The molecule has 0 spiro atoms. The molecular formula is C18H20N2O3S. The summed E-state index contributed by atoms with van der Waals surface area (Å²) >= 11 is 0. The number of nitrogens with one attached hydrogen (secondary N) is 1. The van der Waals surface area contributed by atoms with Gasteiger partial charge in [-0.3, -0.25) is 9.10 Å². The maximum Gasteiger partial charge on any atom is 0.255 e. The first-order valence-electron chi connectivity index (χ1n) is 7.86. The number of carbonyl (C=O) groups is 1. The smallest absolute Gasteiger partial charge is 0.255 e. The number of benzene rings is 2. The van der Waals surface area contributed by atoms with Gasteiger partial charge in [0.15, 0.2) is 0 Å². The van der Waals surface area contributed by atoms with E-state index in [-0.39, 0.29) is 11.7 Å². The van der Waals surface area contributed by atoms with Crippen molar-refractivity contribution in [2.75, 3.05) is 21.9 Å². The first-order valence-corrected chi connectivity index (χ1v) is 9.47. The summed E-state index contributed by atoms with van der Waals surface area (Å²) in [7, 11) is -3.24. The number of rotatable bonds is 3. The van der Waals surface area contributed by atoms with Crippen molar-refractivity contribution in [3.63, 3.8) is 0 Å². The second kappa shape index (κ2) is 6.28. The first kappa shape index (κ1) is 16.5. The predicted molar refractivity (Wildman–Crippen MR) is 96.1 cm³/mol. The van der Waals surface area contributed by atoms with Gasteiger partial charge >= 0.3 is 0 Å².